The molecule has 2 heterocycles. The van der Waals surface area contributed by atoms with E-state index >= 15 is 0 Å². The van der Waals surface area contributed by atoms with Gasteiger partial charge in [0.1, 0.15) is 0 Å². The minimum Gasteiger partial charge on any atom is -0.366 e. The van der Waals surface area contributed by atoms with Crippen LogP contribution < -0.4 is 5.73 Å². The van der Waals surface area contributed by atoms with Crippen LogP contribution in [0.5, 0.6) is 0 Å². The Kier molecular flexibility index (Phi) is 3.81. The quantitative estimate of drug-likeness (QED) is 0.862. The number of benzene rings is 1. The molecule has 0 bridgehead atoms. The zero-order valence-corrected chi connectivity index (χ0v) is 12.8. The summed E-state index contributed by atoms with van der Waals surface area (Å²) in [5, 5.41) is 6.25. The number of likely N-dealkylation sites (N-methyl/N-ethyl adjacent to an activating group) is 2. The lowest BCUT2D eigenvalue weighted by Gasteiger charge is -2.36. The summed E-state index contributed by atoms with van der Waals surface area (Å²) in [5.74, 6) is 0.0655. The SMILES string of the molecule is CN(CC1Cc2ccccc2CN1C)C(=O)c1nc(N)n[nH]1. The van der Waals surface area contributed by atoms with Crippen LogP contribution in [0.3, 0.4) is 0 Å². The molecule has 7 heteroatoms. The largest absolute Gasteiger partial charge is 0.366 e. The molecule has 2 aromatic rings. The predicted octanol–water partition coefficient (Wildman–Crippen LogP) is 0.516. The summed E-state index contributed by atoms with van der Waals surface area (Å²) >= 11 is 0. The third-order valence-corrected chi connectivity index (χ3v) is 4.15. The summed E-state index contributed by atoms with van der Waals surface area (Å²) in [4.78, 5) is 20.1. The van der Waals surface area contributed by atoms with Crippen LogP contribution in [0.1, 0.15) is 21.7 Å². The molecular weight excluding hydrogens is 280 g/mol. The molecule has 0 saturated carbocycles. The Hall–Kier alpha value is -2.41. The topological polar surface area (TPSA) is 91.1 Å². The number of nitrogens with one attached hydrogen (secondary N) is 1. The number of aromatic nitrogens is 3. The molecule has 1 amide bonds. The van der Waals surface area contributed by atoms with Gasteiger partial charge in [0, 0.05) is 26.2 Å². The lowest BCUT2D eigenvalue weighted by atomic mass is 9.94. The van der Waals surface area contributed by atoms with Crippen LogP contribution in [0.15, 0.2) is 24.3 Å². The molecule has 0 aliphatic carbocycles. The van der Waals surface area contributed by atoms with Gasteiger partial charge >= 0.3 is 0 Å². The first-order valence-corrected chi connectivity index (χ1v) is 7.25. The number of nitrogen functional groups attached to an aromatic ring is 1. The maximum absolute atomic E-state index is 12.3. The van der Waals surface area contributed by atoms with Gasteiger partial charge in [0.2, 0.25) is 11.8 Å². The number of amides is 1. The van der Waals surface area contributed by atoms with E-state index in [0.29, 0.717) is 6.54 Å². The van der Waals surface area contributed by atoms with Crippen LogP contribution in [-0.2, 0) is 13.0 Å². The number of hydrogen-bond donors (Lipinski definition) is 2. The van der Waals surface area contributed by atoms with Gasteiger partial charge in [-0.2, -0.15) is 4.98 Å². The van der Waals surface area contributed by atoms with Gasteiger partial charge in [-0.05, 0) is 24.6 Å². The number of anilines is 1. The maximum Gasteiger partial charge on any atom is 0.291 e. The van der Waals surface area contributed by atoms with Crippen LogP contribution in [0.4, 0.5) is 5.95 Å². The average Bonchev–Trinajstić information content (AvgIpc) is 2.93. The smallest absolute Gasteiger partial charge is 0.291 e. The number of aromatic amines is 1. The summed E-state index contributed by atoms with van der Waals surface area (Å²) < 4.78 is 0. The standard InChI is InChI=1S/C15H20N6O/c1-20-8-11-6-4-3-5-10(11)7-12(20)9-21(2)14(22)13-17-15(16)19-18-13/h3-6,12H,7-9H2,1-2H3,(H3,16,17,18,19). The lowest BCUT2D eigenvalue weighted by Crippen LogP contribution is -2.46. The van der Waals surface area contributed by atoms with E-state index in [0.717, 1.165) is 13.0 Å². The second-order valence-corrected chi connectivity index (χ2v) is 5.77. The highest BCUT2D eigenvalue weighted by Gasteiger charge is 2.26. The molecule has 1 aromatic carbocycles. The maximum atomic E-state index is 12.3. The highest BCUT2D eigenvalue weighted by Crippen LogP contribution is 2.22. The molecule has 1 aliphatic heterocycles. The zero-order chi connectivity index (χ0) is 15.7. The fourth-order valence-corrected chi connectivity index (χ4v) is 2.87. The second kappa shape index (κ2) is 5.76. The number of hydrogen-bond acceptors (Lipinski definition) is 5. The van der Waals surface area contributed by atoms with Crippen LogP contribution >= 0.6 is 0 Å². The van der Waals surface area contributed by atoms with Crippen LogP contribution in [0.25, 0.3) is 0 Å². The van der Waals surface area contributed by atoms with E-state index in [1.807, 2.05) is 0 Å². The van der Waals surface area contributed by atoms with Crippen molar-refractivity contribution < 1.29 is 4.79 Å². The Balaban J connectivity index is 1.69. The van der Waals surface area contributed by atoms with E-state index in [4.69, 9.17) is 5.73 Å². The first-order valence-electron chi connectivity index (χ1n) is 7.25. The molecule has 7 nitrogen and oxygen atoms in total. The Labute approximate surface area is 129 Å². The minimum absolute atomic E-state index is 0.0838. The van der Waals surface area contributed by atoms with Gasteiger partial charge < -0.3 is 10.6 Å². The monoisotopic (exact) mass is 300 g/mol. The van der Waals surface area contributed by atoms with Crippen molar-refractivity contribution in [3.05, 3.63) is 41.2 Å². The highest BCUT2D eigenvalue weighted by atomic mass is 16.2. The van der Waals surface area contributed by atoms with Crippen molar-refractivity contribution in [1.29, 1.82) is 0 Å². The van der Waals surface area contributed by atoms with E-state index in [1.165, 1.54) is 11.1 Å². The van der Waals surface area contributed by atoms with Crippen molar-refractivity contribution in [2.75, 3.05) is 26.4 Å². The summed E-state index contributed by atoms with van der Waals surface area (Å²) in [7, 11) is 3.86. The summed E-state index contributed by atoms with van der Waals surface area (Å²) in [6, 6.07) is 8.73. The molecule has 3 rings (SSSR count). The van der Waals surface area contributed by atoms with E-state index in [2.05, 4.69) is 51.4 Å². The van der Waals surface area contributed by atoms with Gasteiger partial charge in [0.15, 0.2) is 0 Å². The number of carbonyl (C=O) groups excluding carboxylic acids is 1. The number of carbonyl (C=O) groups is 1. The van der Waals surface area contributed by atoms with E-state index in [-0.39, 0.29) is 23.7 Å². The van der Waals surface area contributed by atoms with Gasteiger partial charge in [-0.3, -0.25) is 14.8 Å². The van der Waals surface area contributed by atoms with Gasteiger partial charge in [-0.15, -0.1) is 5.10 Å². The molecule has 1 aliphatic rings. The molecule has 0 spiro atoms. The molecule has 3 N–H and O–H groups in total. The van der Waals surface area contributed by atoms with Crippen LogP contribution in [0, 0.1) is 0 Å². The molecule has 22 heavy (non-hydrogen) atoms. The van der Waals surface area contributed by atoms with Crippen molar-refractivity contribution >= 4 is 11.9 Å². The molecule has 0 saturated heterocycles. The summed E-state index contributed by atoms with van der Waals surface area (Å²) in [6.45, 7) is 1.53. The first-order chi connectivity index (χ1) is 10.5. The van der Waals surface area contributed by atoms with Crippen LogP contribution in [0.2, 0.25) is 0 Å². The Bertz CT molecular complexity index is 682. The highest BCUT2D eigenvalue weighted by molar-refractivity contribution is 5.90. The molecule has 1 unspecified atom stereocenters. The third-order valence-electron chi connectivity index (χ3n) is 4.15. The minimum atomic E-state index is -0.198. The van der Waals surface area contributed by atoms with Crippen LogP contribution in [-0.4, -0.2) is 57.6 Å². The predicted molar refractivity (Wildman–Crippen MR) is 83.2 cm³/mol. The van der Waals surface area contributed by atoms with Crippen molar-refractivity contribution in [2.24, 2.45) is 0 Å². The third kappa shape index (κ3) is 2.80. The number of nitrogens with two attached hydrogens (primary N) is 1. The Morgan fingerprint density at radius 2 is 2.18 bits per heavy atom. The molecular formula is C15H20N6O. The molecule has 1 atom stereocenters. The number of fused-ring (bicyclic) bond motifs is 1. The summed E-state index contributed by atoms with van der Waals surface area (Å²) in [5.41, 5.74) is 8.16. The fraction of sp³-hybridized carbons (Fsp3) is 0.400. The Morgan fingerprint density at radius 1 is 1.45 bits per heavy atom. The zero-order valence-electron chi connectivity index (χ0n) is 12.8. The molecule has 116 valence electrons. The summed E-state index contributed by atoms with van der Waals surface area (Å²) in [6.07, 6.45) is 0.933. The Morgan fingerprint density at radius 3 is 2.86 bits per heavy atom. The van der Waals surface area contributed by atoms with E-state index < -0.39 is 0 Å². The van der Waals surface area contributed by atoms with Crippen molar-refractivity contribution in [1.82, 2.24) is 25.0 Å². The van der Waals surface area contributed by atoms with Crippen molar-refractivity contribution in [3.8, 4) is 0 Å². The van der Waals surface area contributed by atoms with Gasteiger partial charge in [0.25, 0.3) is 5.91 Å². The normalized spacial score (nSPS) is 18.0. The van der Waals surface area contributed by atoms with Gasteiger partial charge in [-0.1, -0.05) is 24.3 Å². The molecule has 0 radical (unpaired) electrons. The second-order valence-electron chi connectivity index (χ2n) is 5.77. The number of nitrogens with zero attached hydrogens (tertiary/aromatic N) is 4. The fourth-order valence-electron chi connectivity index (χ4n) is 2.87. The van der Waals surface area contributed by atoms with E-state index in [1.54, 1.807) is 11.9 Å². The first kappa shape index (κ1) is 14.5. The number of H-pyrrole nitrogens is 1. The lowest BCUT2D eigenvalue weighted by molar-refractivity contribution is 0.0722. The van der Waals surface area contributed by atoms with Crippen molar-refractivity contribution in [2.45, 2.75) is 19.0 Å². The van der Waals surface area contributed by atoms with Gasteiger partial charge in [-0.25, -0.2) is 0 Å². The average molecular weight is 300 g/mol. The number of rotatable bonds is 3. The van der Waals surface area contributed by atoms with E-state index in [9.17, 15) is 4.79 Å². The molecule has 1 aromatic heterocycles. The molecule has 0 fully saturated rings. The van der Waals surface area contributed by atoms with Gasteiger partial charge in [0.05, 0.1) is 0 Å². The van der Waals surface area contributed by atoms with Crippen molar-refractivity contribution in [3.63, 3.8) is 0 Å².